The minimum absolute atomic E-state index is 0.00740. The molecule has 1 aromatic rings. The first-order chi connectivity index (χ1) is 12.4. The standard InChI is InChI=1S/C20H28N2O4/c1-5-18(23)21-12-7-13-22(4)19(24)14-17(26-20(25)6-2)16-10-8-15(3)9-11-16/h8-11,14H,5-7,12-13H2,1-4H3,(H,21,23)/b17-14-. The highest BCUT2D eigenvalue weighted by Crippen LogP contribution is 2.18. The Balaban J connectivity index is 2.76. The molecule has 1 rings (SSSR count). The van der Waals surface area contributed by atoms with Crippen LogP contribution in [0.2, 0.25) is 0 Å². The molecular weight excluding hydrogens is 332 g/mol. The number of benzene rings is 1. The summed E-state index contributed by atoms with van der Waals surface area (Å²) in [5.74, 6) is -0.416. The van der Waals surface area contributed by atoms with E-state index in [0.717, 1.165) is 5.56 Å². The highest BCUT2D eigenvalue weighted by molar-refractivity contribution is 5.95. The number of ether oxygens (including phenoxy) is 1. The average Bonchev–Trinajstić information content (AvgIpc) is 2.64. The molecule has 0 saturated carbocycles. The Hall–Kier alpha value is -2.63. The number of rotatable bonds is 9. The zero-order chi connectivity index (χ0) is 19.5. The lowest BCUT2D eigenvalue weighted by atomic mass is 10.1. The van der Waals surface area contributed by atoms with Gasteiger partial charge in [-0.05, 0) is 13.3 Å². The molecule has 0 bridgehead atoms. The molecular formula is C20H28N2O4. The van der Waals surface area contributed by atoms with Gasteiger partial charge in [0.1, 0.15) is 5.76 Å². The molecule has 0 aliphatic heterocycles. The van der Waals surface area contributed by atoms with Crippen molar-refractivity contribution in [1.29, 1.82) is 0 Å². The Morgan fingerprint density at radius 3 is 2.35 bits per heavy atom. The van der Waals surface area contributed by atoms with Crippen LogP contribution in [0.15, 0.2) is 30.3 Å². The fourth-order valence-electron chi connectivity index (χ4n) is 2.09. The van der Waals surface area contributed by atoms with Crippen molar-refractivity contribution in [3.63, 3.8) is 0 Å². The Morgan fingerprint density at radius 1 is 1.12 bits per heavy atom. The summed E-state index contributed by atoms with van der Waals surface area (Å²) in [5.41, 5.74) is 1.75. The molecule has 1 aromatic carbocycles. The van der Waals surface area contributed by atoms with Crippen LogP contribution in [0.1, 0.15) is 44.2 Å². The van der Waals surface area contributed by atoms with Crippen LogP contribution in [-0.4, -0.2) is 42.8 Å². The van der Waals surface area contributed by atoms with Crippen molar-refractivity contribution >= 4 is 23.5 Å². The van der Waals surface area contributed by atoms with E-state index in [-0.39, 0.29) is 24.0 Å². The lowest BCUT2D eigenvalue weighted by Crippen LogP contribution is -2.30. The van der Waals surface area contributed by atoms with Crippen molar-refractivity contribution in [3.8, 4) is 0 Å². The summed E-state index contributed by atoms with van der Waals surface area (Å²) in [5, 5.41) is 2.77. The highest BCUT2D eigenvalue weighted by Gasteiger charge is 2.13. The molecule has 0 radical (unpaired) electrons. The van der Waals surface area contributed by atoms with Gasteiger partial charge in [-0.1, -0.05) is 43.7 Å². The smallest absolute Gasteiger partial charge is 0.310 e. The van der Waals surface area contributed by atoms with E-state index in [1.54, 1.807) is 20.9 Å². The lowest BCUT2D eigenvalue weighted by Gasteiger charge is -2.16. The third-order valence-electron chi connectivity index (χ3n) is 3.79. The summed E-state index contributed by atoms with van der Waals surface area (Å²) >= 11 is 0. The summed E-state index contributed by atoms with van der Waals surface area (Å²) in [7, 11) is 1.68. The van der Waals surface area contributed by atoms with Crippen molar-refractivity contribution < 1.29 is 19.1 Å². The maximum Gasteiger partial charge on any atom is 0.310 e. The van der Waals surface area contributed by atoms with Crippen molar-refractivity contribution in [2.75, 3.05) is 20.1 Å². The molecule has 2 amide bonds. The van der Waals surface area contributed by atoms with E-state index in [1.807, 2.05) is 31.2 Å². The Bertz CT molecular complexity index is 650. The normalized spacial score (nSPS) is 11.0. The van der Waals surface area contributed by atoms with Crippen molar-refractivity contribution in [2.24, 2.45) is 0 Å². The van der Waals surface area contributed by atoms with Crippen LogP contribution >= 0.6 is 0 Å². The predicted molar refractivity (Wildman–Crippen MR) is 101 cm³/mol. The minimum atomic E-state index is -0.394. The monoisotopic (exact) mass is 360 g/mol. The molecule has 0 saturated heterocycles. The first-order valence-electron chi connectivity index (χ1n) is 8.88. The summed E-state index contributed by atoms with van der Waals surface area (Å²) in [6.07, 6.45) is 2.66. The van der Waals surface area contributed by atoms with Gasteiger partial charge in [0, 0.05) is 44.6 Å². The number of carbonyl (C=O) groups is 3. The van der Waals surface area contributed by atoms with Crippen LogP contribution in [-0.2, 0) is 19.1 Å². The predicted octanol–water partition coefficient (Wildman–Crippen LogP) is 2.66. The van der Waals surface area contributed by atoms with Gasteiger partial charge in [-0.2, -0.15) is 0 Å². The van der Waals surface area contributed by atoms with Gasteiger partial charge in [-0.15, -0.1) is 0 Å². The topological polar surface area (TPSA) is 75.7 Å². The molecule has 0 fully saturated rings. The highest BCUT2D eigenvalue weighted by atomic mass is 16.5. The second-order valence-electron chi connectivity index (χ2n) is 6.02. The van der Waals surface area contributed by atoms with Gasteiger partial charge in [0.25, 0.3) is 0 Å². The van der Waals surface area contributed by atoms with Gasteiger partial charge in [0.2, 0.25) is 11.8 Å². The zero-order valence-corrected chi connectivity index (χ0v) is 16.0. The fraction of sp³-hybridized carbons (Fsp3) is 0.450. The molecule has 1 N–H and O–H groups in total. The SMILES string of the molecule is CCC(=O)NCCCN(C)C(=O)/C=C(\OC(=O)CC)c1ccc(C)cc1. The molecule has 0 spiro atoms. The number of hydrogen-bond acceptors (Lipinski definition) is 4. The number of nitrogens with zero attached hydrogens (tertiary/aromatic N) is 1. The van der Waals surface area contributed by atoms with Crippen LogP contribution in [0.25, 0.3) is 5.76 Å². The maximum atomic E-state index is 12.4. The average molecular weight is 360 g/mol. The van der Waals surface area contributed by atoms with E-state index in [0.29, 0.717) is 31.5 Å². The van der Waals surface area contributed by atoms with E-state index < -0.39 is 5.97 Å². The van der Waals surface area contributed by atoms with Crippen molar-refractivity contribution in [1.82, 2.24) is 10.2 Å². The molecule has 0 aromatic heterocycles. The van der Waals surface area contributed by atoms with E-state index in [1.165, 1.54) is 11.0 Å². The lowest BCUT2D eigenvalue weighted by molar-refractivity contribution is -0.136. The van der Waals surface area contributed by atoms with Crippen LogP contribution < -0.4 is 5.32 Å². The Labute approximate surface area is 155 Å². The largest absolute Gasteiger partial charge is 0.426 e. The van der Waals surface area contributed by atoms with Gasteiger partial charge in [0.15, 0.2) is 0 Å². The molecule has 26 heavy (non-hydrogen) atoms. The number of likely N-dealkylation sites (N-methyl/N-ethyl adjacent to an activating group) is 1. The van der Waals surface area contributed by atoms with E-state index in [2.05, 4.69) is 5.32 Å². The maximum absolute atomic E-state index is 12.4. The van der Waals surface area contributed by atoms with E-state index in [9.17, 15) is 14.4 Å². The number of hydrogen-bond donors (Lipinski definition) is 1. The summed E-state index contributed by atoms with van der Waals surface area (Å²) in [6, 6.07) is 7.43. The molecule has 0 aliphatic rings. The summed E-state index contributed by atoms with van der Waals surface area (Å²) in [6.45, 7) is 6.46. The molecule has 6 nitrogen and oxygen atoms in total. The van der Waals surface area contributed by atoms with Crippen LogP contribution in [0.4, 0.5) is 0 Å². The molecule has 0 aliphatic carbocycles. The molecule has 0 unspecified atom stereocenters. The van der Waals surface area contributed by atoms with Gasteiger partial charge in [-0.25, -0.2) is 0 Å². The Kier molecular flexibility index (Phi) is 9.12. The summed E-state index contributed by atoms with van der Waals surface area (Å²) < 4.78 is 5.34. The van der Waals surface area contributed by atoms with Crippen molar-refractivity contribution in [2.45, 2.75) is 40.0 Å². The third-order valence-corrected chi connectivity index (χ3v) is 3.79. The quantitative estimate of drug-likeness (QED) is 0.318. The number of nitrogens with one attached hydrogen (secondary N) is 1. The van der Waals surface area contributed by atoms with Crippen LogP contribution in [0.3, 0.4) is 0 Å². The number of carbonyl (C=O) groups excluding carboxylic acids is 3. The first kappa shape index (κ1) is 21.4. The van der Waals surface area contributed by atoms with Crippen LogP contribution in [0.5, 0.6) is 0 Å². The molecule has 142 valence electrons. The summed E-state index contributed by atoms with van der Waals surface area (Å²) in [4.78, 5) is 36.8. The van der Waals surface area contributed by atoms with E-state index >= 15 is 0 Å². The zero-order valence-electron chi connectivity index (χ0n) is 16.0. The van der Waals surface area contributed by atoms with Crippen molar-refractivity contribution in [3.05, 3.63) is 41.5 Å². The number of aryl methyl sites for hydroxylation is 1. The van der Waals surface area contributed by atoms with E-state index in [4.69, 9.17) is 4.74 Å². The second kappa shape index (κ2) is 11.1. The Morgan fingerprint density at radius 2 is 1.77 bits per heavy atom. The van der Waals surface area contributed by atoms with Crippen LogP contribution in [0, 0.1) is 6.92 Å². The first-order valence-corrected chi connectivity index (χ1v) is 8.88. The van der Waals surface area contributed by atoms with Gasteiger partial charge in [0.05, 0.1) is 0 Å². The minimum Gasteiger partial charge on any atom is -0.426 e. The van der Waals surface area contributed by atoms with Gasteiger partial charge in [-0.3, -0.25) is 14.4 Å². The van der Waals surface area contributed by atoms with Gasteiger partial charge < -0.3 is 15.0 Å². The molecule has 0 heterocycles. The fourth-order valence-corrected chi connectivity index (χ4v) is 2.09. The second-order valence-corrected chi connectivity index (χ2v) is 6.02. The number of amides is 2. The number of esters is 1. The molecule has 6 heteroatoms. The third kappa shape index (κ3) is 7.51. The molecule has 0 atom stereocenters. The van der Waals surface area contributed by atoms with Gasteiger partial charge >= 0.3 is 5.97 Å².